The molecule has 20 heavy (non-hydrogen) atoms. The van der Waals surface area contributed by atoms with E-state index in [-0.39, 0.29) is 17.2 Å². The first-order valence-corrected chi connectivity index (χ1v) is 8.25. The fraction of sp³-hybridized carbons (Fsp3) is 0.0769. The third kappa shape index (κ3) is 3.52. The molecule has 0 saturated carbocycles. The highest BCUT2D eigenvalue weighted by Gasteiger charge is 2.16. The second-order valence-corrected chi connectivity index (χ2v) is 7.04. The molecule has 2 aromatic rings. The Morgan fingerprint density at radius 1 is 1.20 bits per heavy atom. The van der Waals surface area contributed by atoms with Gasteiger partial charge < -0.3 is 5.11 Å². The molecule has 0 aliphatic carbocycles. The molecule has 106 valence electrons. The van der Waals surface area contributed by atoms with Gasteiger partial charge in [0.25, 0.3) is 10.0 Å². The van der Waals surface area contributed by atoms with Crippen LogP contribution in [0, 0.1) is 0 Å². The van der Waals surface area contributed by atoms with Gasteiger partial charge in [0.2, 0.25) is 0 Å². The zero-order valence-electron chi connectivity index (χ0n) is 10.2. The maximum atomic E-state index is 12.3. The van der Waals surface area contributed by atoms with Crippen molar-refractivity contribution in [2.75, 3.05) is 4.72 Å². The number of halogens is 2. The van der Waals surface area contributed by atoms with E-state index in [0.29, 0.717) is 15.1 Å². The van der Waals surface area contributed by atoms with Crippen molar-refractivity contribution in [3.05, 3.63) is 57.5 Å². The summed E-state index contributed by atoms with van der Waals surface area (Å²) in [6.07, 6.45) is 0. The number of aliphatic hydroxyl groups is 1. The normalized spacial score (nSPS) is 11.3. The Kier molecular flexibility index (Phi) is 4.70. The summed E-state index contributed by atoms with van der Waals surface area (Å²) in [5.74, 6) is 0. The van der Waals surface area contributed by atoms with Crippen molar-refractivity contribution < 1.29 is 13.5 Å². The van der Waals surface area contributed by atoms with Crippen molar-refractivity contribution >= 4 is 43.2 Å². The lowest BCUT2D eigenvalue weighted by Gasteiger charge is -2.10. The zero-order chi connectivity index (χ0) is 14.8. The minimum absolute atomic E-state index is 0.0695. The van der Waals surface area contributed by atoms with E-state index in [1.54, 1.807) is 30.3 Å². The van der Waals surface area contributed by atoms with Crippen molar-refractivity contribution in [2.24, 2.45) is 0 Å². The highest BCUT2D eigenvalue weighted by Crippen LogP contribution is 2.28. The summed E-state index contributed by atoms with van der Waals surface area (Å²) in [6, 6.07) is 11.0. The Morgan fingerprint density at radius 3 is 2.65 bits per heavy atom. The van der Waals surface area contributed by atoms with Gasteiger partial charge in [-0.2, -0.15) is 0 Å². The molecule has 0 aliphatic rings. The predicted molar refractivity (Wildman–Crippen MR) is 82.3 cm³/mol. The lowest BCUT2D eigenvalue weighted by molar-refractivity contribution is 0.281. The first-order chi connectivity index (χ1) is 9.42. The average Bonchev–Trinajstić information content (AvgIpc) is 2.43. The fourth-order valence-electron chi connectivity index (χ4n) is 1.59. The van der Waals surface area contributed by atoms with Crippen LogP contribution in [0.25, 0.3) is 0 Å². The van der Waals surface area contributed by atoms with Gasteiger partial charge in [-0.3, -0.25) is 4.72 Å². The van der Waals surface area contributed by atoms with Gasteiger partial charge in [0.1, 0.15) is 0 Å². The van der Waals surface area contributed by atoms with Crippen molar-refractivity contribution in [3.63, 3.8) is 0 Å². The van der Waals surface area contributed by atoms with E-state index in [1.807, 2.05) is 0 Å². The van der Waals surface area contributed by atoms with Gasteiger partial charge in [0.05, 0.1) is 22.2 Å². The van der Waals surface area contributed by atoms with E-state index in [1.165, 1.54) is 12.1 Å². The van der Waals surface area contributed by atoms with E-state index >= 15 is 0 Å². The van der Waals surface area contributed by atoms with Gasteiger partial charge in [-0.15, -0.1) is 0 Å². The molecule has 0 fully saturated rings. The summed E-state index contributed by atoms with van der Waals surface area (Å²) in [6.45, 7) is -0.221. The highest BCUT2D eigenvalue weighted by molar-refractivity contribution is 9.10. The first kappa shape index (κ1) is 15.3. The lowest BCUT2D eigenvalue weighted by Crippen LogP contribution is -2.13. The van der Waals surface area contributed by atoms with Crippen LogP contribution in [0.3, 0.4) is 0 Å². The topological polar surface area (TPSA) is 66.4 Å². The SMILES string of the molecule is O=S(=O)(Nc1cc(Br)ccc1Cl)c1cccc(CO)c1. The quantitative estimate of drug-likeness (QED) is 0.859. The number of hydrogen-bond donors (Lipinski definition) is 2. The van der Waals surface area contributed by atoms with Gasteiger partial charge in [0.15, 0.2) is 0 Å². The van der Waals surface area contributed by atoms with Crippen LogP contribution in [-0.2, 0) is 16.6 Å². The number of benzene rings is 2. The number of aliphatic hydroxyl groups excluding tert-OH is 1. The molecule has 0 heterocycles. The summed E-state index contributed by atoms with van der Waals surface area (Å²) in [4.78, 5) is 0.0695. The van der Waals surface area contributed by atoms with Crippen LogP contribution >= 0.6 is 27.5 Å². The molecule has 0 bridgehead atoms. The maximum Gasteiger partial charge on any atom is 0.261 e. The number of rotatable bonds is 4. The smallest absolute Gasteiger partial charge is 0.261 e. The summed E-state index contributed by atoms with van der Waals surface area (Å²) in [5, 5.41) is 9.36. The number of sulfonamides is 1. The Labute approximate surface area is 130 Å². The standard InChI is InChI=1S/C13H11BrClNO3S/c14-10-4-5-12(15)13(7-10)16-20(18,19)11-3-1-2-9(6-11)8-17/h1-7,16-17H,8H2. The van der Waals surface area contributed by atoms with Gasteiger partial charge in [0, 0.05) is 4.47 Å². The fourth-order valence-corrected chi connectivity index (χ4v) is 3.31. The van der Waals surface area contributed by atoms with Gasteiger partial charge in [-0.1, -0.05) is 39.7 Å². The summed E-state index contributed by atoms with van der Waals surface area (Å²) in [7, 11) is -3.75. The van der Waals surface area contributed by atoms with Crippen molar-refractivity contribution in [3.8, 4) is 0 Å². The van der Waals surface area contributed by atoms with Crippen LogP contribution < -0.4 is 4.72 Å². The van der Waals surface area contributed by atoms with Crippen LogP contribution in [0.1, 0.15) is 5.56 Å². The van der Waals surface area contributed by atoms with E-state index in [4.69, 9.17) is 16.7 Å². The van der Waals surface area contributed by atoms with E-state index in [2.05, 4.69) is 20.7 Å². The Hall–Kier alpha value is -1.08. The monoisotopic (exact) mass is 375 g/mol. The third-order valence-corrected chi connectivity index (χ3v) is 4.75. The number of anilines is 1. The largest absolute Gasteiger partial charge is 0.392 e. The molecule has 0 radical (unpaired) electrons. The lowest BCUT2D eigenvalue weighted by atomic mass is 10.2. The summed E-state index contributed by atoms with van der Waals surface area (Å²) < 4.78 is 27.7. The van der Waals surface area contributed by atoms with Crippen molar-refractivity contribution in [1.82, 2.24) is 0 Å². The molecular weight excluding hydrogens is 366 g/mol. The van der Waals surface area contributed by atoms with Crippen LogP contribution in [0.5, 0.6) is 0 Å². The Balaban J connectivity index is 2.38. The molecule has 2 aromatic carbocycles. The molecule has 0 unspecified atom stereocenters. The molecule has 0 atom stereocenters. The van der Waals surface area contributed by atoms with E-state index in [0.717, 1.165) is 0 Å². The molecule has 0 spiro atoms. The Morgan fingerprint density at radius 2 is 1.95 bits per heavy atom. The van der Waals surface area contributed by atoms with Crippen molar-refractivity contribution in [1.29, 1.82) is 0 Å². The van der Waals surface area contributed by atoms with Crippen LogP contribution in [0.2, 0.25) is 5.02 Å². The molecule has 4 nitrogen and oxygen atoms in total. The number of nitrogens with one attached hydrogen (secondary N) is 1. The minimum Gasteiger partial charge on any atom is -0.392 e. The van der Waals surface area contributed by atoms with Gasteiger partial charge >= 0.3 is 0 Å². The molecule has 0 aromatic heterocycles. The maximum absolute atomic E-state index is 12.3. The predicted octanol–water partition coefficient (Wildman–Crippen LogP) is 3.40. The first-order valence-electron chi connectivity index (χ1n) is 5.60. The molecule has 0 saturated heterocycles. The van der Waals surface area contributed by atoms with Crippen LogP contribution in [0.4, 0.5) is 5.69 Å². The molecule has 0 aliphatic heterocycles. The Bertz CT molecular complexity index is 734. The second-order valence-electron chi connectivity index (χ2n) is 4.04. The second kappa shape index (κ2) is 6.13. The van der Waals surface area contributed by atoms with Gasteiger partial charge in [-0.05, 0) is 35.9 Å². The zero-order valence-corrected chi connectivity index (χ0v) is 13.3. The molecule has 7 heteroatoms. The minimum atomic E-state index is -3.75. The van der Waals surface area contributed by atoms with Crippen LogP contribution in [0.15, 0.2) is 51.8 Å². The number of hydrogen-bond acceptors (Lipinski definition) is 3. The molecule has 2 rings (SSSR count). The third-order valence-electron chi connectivity index (χ3n) is 2.56. The molecule has 0 amide bonds. The van der Waals surface area contributed by atoms with Crippen LogP contribution in [-0.4, -0.2) is 13.5 Å². The summed E-state index contributed by atoms with van der Waals surface area (Å²) in [5.41, 5.74) is 0.809. The van der Waals surface area contributed by atoms with Gasteiger partial charge in [-0.25, -0.2) is 8.42 Å². The van der Waals surface area contributed by atoms with E-state index < -0.39 is 10.0 Å². The molecular formula is C13H11BrClNO3S. The van der Waals surface area contributed by atoms with Crippen molar-refractivity contribution in [2.45, 2.75) is 11.5 Å². The van der Waals surface area contributed by atoms with E-state index in [9.17, 15) is 8.42 Å². The highest BCUT2D eigenvalue weighted by atomic mass is 79.9. The summed E-state index contributed by atoms with van der Waals surface area (Å²) >= 11 is 9.22. The average molecular weight is 377 g/mol. The molecule has 2 N–H and O–H groups in total.